The number of aryl methyl sites for hydroxylation is 1. The summed E-state index contributed by atoms with van der Waals surface area (Å²) >= 11 is 0. The van der Waals surface area contributed by atoms with Gasteiger partial charge in [-0.25, -0.2) is 4.79 Å². The van der Waals surface area contributed by atoms with Crippen LogP contribution in [0, 0.1) is 0 Å². The zero-order valence-electron chi connectivity index (χ0n) is 21.7. The maximum Gasteiger partial charge on any atom is 0.332 e. The number of aromatic nitrogens is 4. The summed E-state index contributed by atoms with van der Waals surface area (Å²) in [6.07, 6.45) is 3.82. The van der Waals surface area contributed by atoms with Gasteiger partial charge in [-0.3, -0.25) is 23.5 Å². The van der Waals surface area contributed by atoms with Crippen LogP contribution in [0.15, 0.2) is 45.5 Å². The molecule has 11 heteroatoms. The van der Waals surface area contributed by atoms with Crippen LogP contribution in [0.5, 0.6) is 0 Å². The van der Waals surface area contributed by atoms with Gasteiger partial charge in [-0.2, -0.15) is 4.98 Å². The van der Waals surface area contributed by atoms with Crippen LogP contribution >= 0.6 is 0 Å². The predicted octanol–water partition coefficient (Wildman–Crippen LogP) is 1.63. The van der Waals surface area contributed by atoms with Crippen molar-refractivity contribution in [2.45, 2.75) is 52.7 Å². The van der Waals surface area contributed by atoms with Gasteiger partial charge in [0.2, 0.25) is 11.9 Å². The van der Waals surface area contributed by atoms with Crippen molar-refractivity contribution in [3.63, 3.8) is 0 Å². The number of nitrogens with one attached hydrogen (secondary N) is 1. The molecule has 196 valence electrons. The number of piperidine rings is 1. The number of Topliss-reactive ketones (excluding diaryl/α,β-unsaturated/α-hetero) is 1. The van der Waals surface area contributed by atoms with Crippen LogP contribution in [0.4, 0.5) is 11.6 Å². The van der Waals surface area contributed by atoms with Crippen LogP contribution in [0.25, 0.3) is 11.2 Å². The van der Waals surface area contributed by atoms with E-state index in [2.05, 4.69) is 10.2 Å². The van der Waals surface area contributed by atoms with E-state index in [0.29, 0.717) is 30.3 Å². The molecule has 3 aromatic rings. The average molecular weight is 508 g/mol. The van der Waals surface area contributed by atoms with Gasteiger partial charge in [0.1, 0.15) is 0 Å². The highest BCUT2D eigenvalue weighted by Crippen LogP contribution is 2.23. The number of ketones is 1. The van der Waals surface area contributed by atoms with Gasteiger partial charge in [0.15, 0.2) is 16.9 Å². The molecule has 1 amide bonds. The lowest BCUT2D eigenvalue weighted by Gasteiger charge is -2.31. The zero-order chi connectivity index (χ0) is 26.9. The van der Waals surface area contributed by atoms with Gasteiger partial charge >= 0.3 is 5.69 Å². The standard InChI is InChI=1S/C26H33N7O4/c1-16(2)11-13-32-22-23(29-25(32)31-12-5-6-19(27)14-31)30(4)26(37)33(24(22)36)15-21(35)18-7-9-20(10-8-18)28-17(3)34/h7-11,19H,5-6,12-15,27H2,1-4H3,(H,28,34). The molecule has 0 radical (unpaired) electrons. The second-order valence-electron chi connectivity index (χ2n) is 9.74. The van der Waals surface area contributed by atoms with Crippen molar-refractivity contribution in [3.8, 4) is 0 Å². The minimum atomic E-state index is -0.616. The summed E-state index contributed by atoms with van der Waals surface area (Å²) in [6, 6.07) is 6.31. The van der Waals surface area contributed by atoms with Crippen molar-refractivity contribution in [2.24, 2.45) is 12.8 Å². The van der Waals surface area contributed by atoms with E-state index in [9.17, 15) is 19.2 Å². The first-order valence-electron chi connectivity index (χ1n) is 12.3. The van der Waals surface area contributed by atoms with Crippen LogP contribution in [0.2, 0.25) is 0 Å². The maximum atomic E-state index is 13.7. The number of nitrogens with zero attached hydrogens (tertiary/aromatic N) is 5. The molecule has 3 N–H and O–H groups in total. The van der Waals surface area contributed by atoms with Gasteiger partial charge in [-0.15, -0.1) is 0 Å². The van der Waals surface area contributed by atoms with Crippen molar-refractivity contribution in [3.05, 3.63) is 62.3 Å². The number of carbonyl (C=O) groups excluding carboxylic acids is 2. The highest BCUT2D eigenvalue weighted by Gasteiger charge is 2.26. The first-order valence-corrected chi connectivity index (χ1v) is 12.3. The lowest BCUT2D eigenvalue weighted by molar-refractivity contribution is -0.114. The fourth-order valence-electron chi connectivity index (χ4n) is 4.56. The third-order valence-corrected chi connectivity index (χ3v) is 6.46. The largest absolute Gasteiger partial charge is 0.341 e. The molecule has 1 unspecified atom stereocenters. The summed E-state index contributed by atoms with van der Waals surface area (Å²) in [4.78, 5) is 57.9. The minimum Gasteiger partial charge on any atom is -0.341 e. The monoisotopic (exact) mass is 507 g/mol. The van der Waals surface area contributed by atoms with Crippen LogP contribution in [-0.2, 0) is 24.9 Å². The average Bonchev–Trinajstić information content (AvgIpc) is 3.24. The highest BCUT2D eigenvalue weighted by atomic mass is 16.2. The molecular formula is C26H33N7O4. The molecule has 11 nitrogen and oxygen atoms in total. The van der Waals surface area contributed by atoms with Crippen molar-refractivity contribution in [1.29, 1.82) is 0 Å². The molecule has 1 atom stereocenters. The van der Waals surface area contributed by atoms with E-state index < -0.39 is 23.6 Å². The Morgan fingerprint density at radius 1 is 1.14 bits per heavy atom. The van der Waals surface area contributed by atoms with Gasteiger partial charge in [0.25, 0.3) is 5.56 Å². The Kier molecular flexibility index (Phi) is 7.44. The maximum absolute atomic E-state index is 13.7. The Balaban J connectivity index is 1.79. The summed E-state index contributed by atoms with van der Waals surface area (Å²) in [7, 11) is 1.55. The number of fused-ring (bicyclic) bond motifs is 1. The van der Waals surface area contributed by atoms with Gasteiger partial charge in [-0.05, 0) is 51.0 Å². The van der Waals surface area contributed by atoms with E-state index in [1.807, 2.05) is 24.5 Å². The minimum absolute atomic E-state index is 0.000555. The van der Waals surface area contributed by atoms with Crippen LogP contribution in [0.3, 0.4) is 0 Å². The molecule has 37 heavy (non-hydrogen) atoms. The summed E-state index contributed by atoms with van der Waals surface area (Å²) in [5.74, 6) is -0.0315. The Morgan fingerprint density at radius 2 is 1.84 bits per heavy atom. The molecule has 3 heterocycles. The van der Waals surface area contributed by atoms with Crippen LogP contribution in [0.1, 0.15) is 44.0 Å². The van der Waals surface area contributed by atoms with Gasteiger partial charge in [0.05, 0.1) is 6.54 Å². The van der Waals surface area contributed by atoms with Crippen molar-refractivity contribution in [2.75, 3.05) is 23.3 Å². The number of allylic oxidation sites excluding steroid dienone is 2. The summed E-state index contributed by atoms with van der Waals surface area (Å²) in [6.45, 7) is 6.67. The normalized spacial score (nSPS) is 15.6. The Hall–Kier alpha value is -3.99. The molecule has 1 aliphatic heterocycles. The van der Waals surface area contributed by atoms with E-state index >= 15 is 0 Å². The first-order chi connectivity index (χ1) is 17.6. The molecule has 0 saturated carbocycles. The van der Waals surface area contributed by atoms with Crippen LogP contribution in [-0.4, -0.2) is 49.5 Å². The molecule has 1 aromatic carbocycles. The predicted molar refractivity (Wildman–Crippen MR) is 143 cm³/mol. The Labute approximate surface area is 214 Å². The molecule has 1 fully saturated rings. The fourth-order valence-corrected chi connectivity index (χ4v) is 4.56. The first kappa shape index (κ1) is 26.1. The second kappa shape index (κ2) is 10.6. The third-order valence-electron chi connectivity index (χ3n) is 6.46. The molecule has 1 saturated heterocycles. The SMILES string of the molecule is CC(=O)Nc1ccc(C(=O)Cn2c(=O)c3c(nc(N4CCCC(N)C4)n3CC=C(C)C)n(C)c2=O)cc1. The molecule has 1 aliphatic rings. The van der Waals surface area contributed by atoms with Gasteiger partial charge in [0, 0.05) is 50.9 Å². The number of carbonyl (C=O) groups is 2. The van der Waals surface area contributed by atoms with E-state index in [0.717, 1.165) is 29.5 Å². The number of benzene rings is 1. The quantitative estimate of drug-likeness (QED) is 0.366. The molecule has 0 bridgehead atoms. The number of rotatable bonds is 7. The molecule has 2 aromatic heterocycles. The van der Waals surface area contributed by atoms with Gasteiger partial charge < -0.3 is 20.5 Å². The van der Waals surface area contributed by atoms with E-state index in [-0.39, 0.29) is 23.1 Å². The highest BCUT2D eigenvalue weighted by molar-refractivity contribution is 5.97. The number of amides is 1. The summed E-state index contributed by atoms with van der Waals surface area (Å²) in [5.41, 5.74) is 7.51. The smallest absolute Gasteiger partial charge is 0.332 e. The van der Waals surface area contributed by atoms with Crippen molar-refractivity contribution < 1.29 is 9.59 Å². The van der Waals surface area contributed by atoms with Crippen molar-refractivity contribution in [1.82, 2.24) is 18.7 Å². The number of nitrogens with two attached hydrogens (primary N) is 1. The zero-order valence-corrected chi connectivity index (χ0v) is 21.7. The second-order valence-corrected chi connectivity index (χ2v) is 9.74. The Morgan fingerprint density at radius 3 is 2.46 bits per heavy atom. The molecule has 4 rings (SSSR count). The van der Waals surface area contributed by atoms with Crippen LogP contribution < -0.4 is 27.2 Å². The molecule has 0 aliphatic carbocycles. The number of hydrogen-bond acceptors (Lipinski definition) is 7. The van der Waals surface area contributed by atoms with Crippen molar-refractivity contribution >= 4 is 34.5 Å². The Bertz CT molecular complexity index is 1490. The molecule has 0 spiro atoms. The number of imidazole rings is 1. The number of anilines is 2. The lowest BCUT2D eigenvalue weighted by atomic mass is 10.1. The number of hydrogen-bond donors (Lipinski definition) is 2. The van der Waals surface area contributed by atoms with E-state index in [4.69, 9.17) is 10.7 Å². The summed E-state index contributed by atoms with van der Waals surface area (Å²) < 4.78 is 4.08. The topological polar surface area (TPSA) is 137 Å². The van der Waals surface area contributed by atoms with E-state index in [1.165, 1.54) is 11.5 Å². The van der Waals surface area contributed by atoms with E-state index in [1.54, 1.807) is 31.3 Å². The summed E-state index contributed by atoms with van der Waals surface area (Å²) in [5, 5.41) is 2.64. The third kappa shape index (κ3) is 5.41. The fraction of sp³-hybridized carbons (Fsp3) is 0.423. The lowest BCUT2D eigenvalue weighted by Crippen LogP contribution is -2.44. The molecular weight excluding hydrogens is 474 g/mol. The van der Waals surface area contributed by atoms with Gasteiger partial charge in [-0.1, -0.05) is 11.6 Å².